The fraction of sp³-hybridized carbons (Fsp3) is 1.00. The zero-order valence-corrected chi connectivity index (χ0v) is 7.08. The van der Waals surface area contributed by atoms with Gasteiger partial charge in [0.2, 0.25) is 0 Å². The molecule has 0 aliphatic carbocycles. The minimum absolute atomic E-state index is 0.580. The van der Waals surface area contributed by atoms with Gasteiger partial charge in [0.15, 0.2) is 0 Å². The average molecular weight is 158 g/mol. The molecule has 0 N–H and O–H groups in total. The molecule has 10 heavy (non-hydrogen) atoms. The van der Waals surface area contributed by atoms with E-state index in [1.54, 1.807) is 0 Å². The summed E-state index contributed by atoms with van der Waals surface area (Å²) < 4.78 is 6.11. The van der Waals surface area contributed by atoms with Gasteiger partial charge in [-0.1, -0.05) is 0 Å². The van der Waals surface area contributed by atoms with Crippen molar-refractivity contribution in [2.75, 3.05) is 19.0 Å². The highest BCUT2D eigenvalue weighted by atomic mass is 32.2. The molecule has 2 fully saturated rings. The number of thioether (sulfide) groups is 1. The molecule has 1 unspecified atom stereocenters. The molecule has 0 aromatic heterocycles. The summed E-state index contributed by atoms with van der Waals surface area (Å²) in [5, 5.41) is 0. The summed E-state index contributed by atoms with van der Waals surface area (Å²) in [5.41, 5.74) is 0. The molecule has 0 aromatic rings. The van der Waals surface area contributed by atoms with E-state index in [1.165, 1.54) is 31.4 Å². The van der Waals surface area contributed by atoms with Crippen molar-refractivity contribution in [2.45, 2.75) is 30.4 Å². The maximum absolute atomic E-state index is 5.53. The van der Waals surface area contributed by atoms with Crippen LogP contribution < -0.4 is 0 Å². The van der Waals surface area contributed by atoms with Crippen LogP contribution in [0.2, 0.25) is 0 Å². The molecule has 0 bridgehead atoms. The molecule has 2 heterocycles. The van der Waals surface area contributed by atoms with Crippen LogP contribution in [0, 0.1) is 0 Å². The largest absolute Gasteiger partial charge is 0.380 e. The molecule has 0 saturated carbocycles. The molecule has 1 spiro atoms. The van der Waals surface area contributed by atoms with E-state index < -0.39 is 0 Å². The first-order chi connectivity index (χ1) is 4.91. The minimum atomic E-state index is 0.580. The van der Waals surface area contributed by atoms with Crippen LogP contribution in [0.5, 0.6) is 0 Å². The lowest BCUT2D eigenvalue weighted by Crippen LogP contribution is -2.38. The summed E-state index contributed by atoms with van der Waals surface area (Å²) in [4.78, 5) is 0. The van der Waals surface area contributed by atoms with E-state index in [4.69, 9.17) is 4.74 Å². The van der Waals surface area contributed by atoms with Gasteiger partial charge in [0.1, 0.15) is 0 Å². The van der Waals surface area contributed by atoms with Gasteiger partial charge in [0, 0.05) is 11.4 Å². The van der Waals surface area contributed by atoms with Crippen molar-refractivity contribution in [3.05, 3.63) is 0 Å². The summed E-state index contributed by atoms with van der Waals surface area (Å²) in [6.07, 6.45) is 5.46. The lowest BCUT2D eigenvalue weighted by Gasteiger charge is -2.39. The third kappa shape index (κ3) is 1.19. The SMILES string of the molecule is C1CCC2(CCS2)COC1. The van der Waals surface area contributed by atoms with Crippen LogP contribution in [0.25, 0.3) is 0 Å². The van der Waals surface area contributed by atoms with Crippen molar-refractivity contribution in [3.8, 4) is 0 Å². The number of ether oxygens (including phenoxy) is 1. The van der Waals surface area contributed by atoms with E-state index in [1.807, 2.05) is 0 Å². The lowest BCUT2D eigenvalue weighted by atomic mass is 9.99. The molecule has 0 radical (unpaired) electrons. The normalized spacial score (nSPS) is 40.8. The molecule has 2 heteroatoms. The van der Waals surface area contributed by atoms with Crippen LogP contribution in [-0.4, -0.2) is 23.7 Å². The predicted molar refractivity (Wildman–Crippen MR) is 44.5 cm³/mol. The Morgan fingerprint density at radius 1 is 1.20 bits per heavy atom. The first-order valence-electron chi connectivity index (χ1n) is 4.13. The lowest BCUT2D eigenvalue weighted by molar-refractivity contribution is 0.122. The third-order valence-corrected chi connectivity index (χ3v) is 4.05. The molecule has 2 rings (SSSR count). The number of hydrogen-bond donors (Lipinski definition) is 0. The second-order valence-electron chi connectivity index (χ2n) is 3.29. The molecule has 0 amide bonds. The summed E-state index contributed by atoms with van der Waals surface area (Å²) in [6, 6.07) is 0. The maximum atomic E-state index is 5.53. The monoisotopic (exact) mass is 158 g/mol. The van der Waals surface area contributed by atoms with Crippen LogP contribution in [0.4, 0.5) is 0 Å². The summed E-state index contributed by atoms with van der Waals surface area (Å²) >= 11 is 2.12. The van der Waals surface area contributed by atoms with Crippen LogP contribution in [-0.2, 0) is 4.74 Å². The van der Waals surface area contributed by atoms with Gasteiger partial charge in [0.25, 0.3) is 0 Å². The Kier molecular flexibility index (Phi) is 1.92. The van der Waals surface area contributed by atoms with Crippen molar-refractivity contribution in [1.82, 2.24) is 0 Å². The quantitative estimate of drug-likeness (QED) is 0.533. The second kappa shape index (κ2) is 2.74. The molecule has 2 aliphatic heterocycles. The van der Waals surface area contributed by atoms with Crippen LogP contribution in [0.1, 0.15) is 25.7 Å². The second-order valence-corrected chi connectivity index (χ2v) is 4.85. The Hall–Kier alpha value is 0.310. The van der Waals surface area contributed by atoms with Crippen molar-refractivity contribution in [2.24, 2.45) is 0 Å². The van der Waals surface area contributed by atoms with E-state index >= 15 is 0 Å². The van der Waals surface area contributed by atoms with Crippen LogP contribution in [0.15, 0.2) is 0 Å². The first-order valence-corrected chi connectivity index (χ1v) is 5.12. The Morgan fingerprint density at radius 2 is 2.10 bits per heavy atom. The van der Waals surface area contributed by atoms with Gasteiger partial charge < -0.3 is 4.74 Å². The van der Waals surface area contributed by atoms with E-state index in [-0.39, 0.29) is 0 Å². The Bertz CT molecular complexity index is 110. The van der Waals surface area contributed by atoms with Crippen LogP contribution in [0.3, 0.4) is 0 Å². The van der Waals surface area contributed by atoms with Gasteiger partial charge in [-0.2, -0.15) is 11.8 Å². The fourth-order valence-electron chi connectivity index (χ4n) is 1.68. The van der Waals surface area contributed by atoms with Crippen molar-refractivity contribution < 1.29 is 4.74 Å². The fourth-order valence-corrected chi connectivity index (χ4v) is 2.92. The van der Waals surface area contributed by atoms with Gasteiger partial charge in [-0.15, -0.1) is 0 Å². The van der Waals surface area contributed by atoms with Gasteiger partial charge in [-0.25, -0.2) is 0 Å². The number of hydrogen-bond acceptors (Lipinski definition) is 2. The highest BCUT2D eigenvalue weighted by molar-refractivity contribution is 8.02. The Balaban J connectivity index is 1.92. The minimum Gasteiger partial charge on any atom is -0.380 e. The van der Waals surface area contributed by atoms with E-state index in [2.05, 4.69) is 11.8 Å². The molecule has 2 saturated heterocycles. The van der Waals surface area contributed by atoms with Crippen molar-refractivity contribution in [1.29, 1.82) is 0 Å². The molecular weight excluding hydrogens is 144 g/mol. The standard InChI is InChI=1S/C8H14OS/c1-2-5-9-7-8(3-1)4-6-10-8/h1-7H2. The predicted octanol–water partition coefficient (Wildman–Crippen LogP) is 2.06. The van der Waals surface area contributed by atoms with Crippen LogP contribution >= 0.6 is 11.8 Å². The summed E-state index contributed by atoms with van der Waals surface area (Å²) in [5.74, 6) is 1.36. The first kappa shape index (κ1) is 6.99. The molecule has 1 nitrogen and oxygen atoms in total. The van der Waals surface area contributed by atoms with E-state index in [0.29, 0.717) is 4.75 Å². The maximum Gasteiger partial charge on any atom is 0.0613 e. The molecule has 1 atom stereocenters. The van der Waals surface area contributed by atoms with Gasteiger partial charge in [-0.3, -0.25) is 0 Å². The number of rotatable bonds is 0. The summed E-state index contributed by atoms with van der Waals surface area (Å²) in [7, 11) is 0. The van der Waals surface area contributed by atoms with Gasteiger partial charge in [0.05, 0.1) is 6.61 Å². The Morgan fingerprint density at radius 3 is 2.80 bits per heavy atom. The summed E-state index contributed by atoms with van der Waals surface area (Å²) in [6.45, 7) is 2.03. The molecule has 0 aromatic carbocycles. The van der Waals surface area contributed by atoms with Crippen molar-refractivity contribution >= 4 is 11.8 Å². The highest BCUT2D eigenvalue weighted by Gasteiger charge is 2.38. The molecule has 58 valence electrons. The third-order valence-electron chi connectivity index (χ3n) is 2.50. The molecule has 2 aliphatic rings. The molecular formula is C8H14OS. The zero-order valence-electron chi connectivity index (χ0n) is 6.27. The zero-order chi connectivity index (χ0) is 6.86. The van der Waals surface area contributed by atoms with Gasteiger partial charge in [-0.05, 0) is 31.4 Å². The van der Waals surface area contributed by atoms with E-state index in [0.717, 1.165) is 13.2 Å². The topological polar surface area (TPSA) is 9.23 Å². The smallest absolute Gasteiger partial charge is 0.0613 e. The van der Waals surface area contributed by atoms with Gasteiger partial charge >= 0.3 is 0 Å². The van der Waals surface area contributed by atoms with E-state index in [9.17, 15) is 0 Å². The van der Waals surface area contributed by atoms with Crippen molar-refractivity contribution in [3.63, 3.8) is 0 Å². The Labute approximate surface area is 66.5 Å². The average Bonchev–Trinajstić information content (AvgIpc) is 2.08. The highest BCUT2D eigenvalue weighted by Crippen LogP contribution is 2.45.